The van der Waals surface area contributed by atoms with Crippen LogP contribution in [0.3, 0.4) is 0 Å². The molecule has 1 aliphatic heterocycles. The first-order valence-corrected chi connectivity index (χ1v) is 6.96. The predicted molar refractivity (Wildman–Crippen MR) is 72.1 cm³/mol. The third kappa shape index (κ3) is 3.64. The van der Waals surface area contributed by atoms with Crippen LogP contribution in [0.1, 0.15) is 11.9 Å². The Morgan fingerprint density at radius 2 is 2.22 bits per heavy atom. The quantitative estimate of drug-likeness (QED) is 0.379. The molecule has 130 valence electrons. The smallest absolute Gasteiger partial charge is 0.321 e. The molecule has 1 aromatic rings. The molecular weight excluding hydrogens is 314 g/mol. The van der Waals surface area contributed by atoms with Gasteiger partial charge in [-0.25, -0.2) is 9.07 Å². The number of carboxylic acid groups (broad SMARTS) is 1. The van der Waals surface area contributed by atoms with Gasteiger partial charge in [0.05, 0.1) is 18.5 Å². The zero-order valence-corrected chi connectivity index (χ0v) is 12.3. The molecule has 1 aromatic heterocycles. The zero-order chi connectivity index (χ0) is 17.1. The van der Waals surface area contributed by atoms with E-state index in [1.807, 2.05) is 0 Å². The maximum atomic E-state index is 14.1. The lowest BCUT2D eigenvalue weighted by Gasteiger charge is -2.38. The number of aliphatic hydroxyl groups is 3. The number of carboxylic acids is 1. The summed E-state index contributed by atoms with van der Waals surface area (Å²) >= 11 is 0. The van der Waals surface area contributed by atoms with E-state index in [2.05, 4.69) is 15.6 Å². The van der Waals surface area contributed by atoms with E-state index in [1.165, 1.54) is 13.2 Å². The summed E-state index contributed by atoms with van der Waals surface area (Å²) in [4.78, 5) is 11.0. The van der Waals surface area contributed by atoms with Gasteiger partial charge in [0.1, 0.15) is 24.4 Å². The van der Waals surface area contributed by atoms with Crippen LogP contribution in [0.25, 0.3) is 0 Å². The largest absolute Gasteiger partial charge is 0.480 e. The summed E-state index contributed by atoms with van der Waals surface area (Å²) in [6, 6.07) is -0.883. The van der Waals surface area contributed by atoms with Gasteiger partial charge in [-0.15, -0.1) is 5.10 Å². The fraction of sp³-hybridized carbons (Fsp3) is 0.750. The number of hydrogen-bond donors (Lipinski definition) is 5. The van der Waals surface area contributed by atoms with Crippen LogP contribution in [0.2, 0.25) is 0 Å². The van der Waals surface area contributed by atoms with Crippen molar-refractivity contribution < 1.29 is 34.3 Å². The van der Waals surface area contributed by atoms with Crippen LogP contribution in [0.5, 0.6) is 0 Å². The number of hydrogen-bond acceptors (Lipinski definition) is 8. The Labute approximate surface area is 130 Å². The molecule has 6 atom stereocenters. The van der Waals surface area contributed by atoms with Gasteiger partial charge in [0.25, 0.3) is 0 Å². The third-order valence-electron chi connectivity index (χ3n) is 3.70. The number of carbonyl (C=O) groups is 1. The fourth-order valence-corrected chi connectivity index (χ4v) is 2.32. The maximum absolute atomic E-state index is 14.1. The molecule has 1 aliphatic rings. The van der Waals surface area contributed by atoms with Crippen LogP contribution in [0.4, 0.5) is 4.39 Å². The molecule has 23 heavy (non-hydrogen) atoms. The van der Waals surface area contributed by atoms with Gasteiger partial charge in [0, 0.05) is 6.42 Å². The van der Waals surface area contributed by atoms with Crippen molar-refractivity contribution in [3.8, 4) is 0 Å². The van der Waals surface area contributed by atoms with Crippen molar-refractivity contribution in [3.63, 3.8) is 0 Å². The van der Waals surface area contributed by atoms with Gasteiger partial charge in [-0.2, -0.15) is 0 Å². The minimum absolute atomic E-state index is 0.0180. The standard InChI is InChI=1S/C12H19FN4O6/c1-14-6(12(21)22)2-5-3-17(16-15-5)11-8(13)10(20)9(19)7(4-18)23-11/h3,6-11,14,18-20H,2,4H2,1H3,(H,21,22)/t6-,7?,8+,9+,10?,11+/m0/s1/i13-1. The Hall–Kier alpha value is -1.66. The van der Waals surface area contributed by atoms with E-state index in [9.17, 15) is 19.4 Å². The highest BCUT2D eigenvalue weighted by atomic mass is 18.2. The van der Waals surface area contributed by atoms with Crippen LogP contribution < -0.4 is 5.32 Å². The molecule has 5 N–H and O–H groups in total. The number of alkyl halides is 1. The van der Waals surface area contributed by atoms with Gasteiger partial charge in [0.15, 0.2) is 12.4 Å². The van der Waals surface area contributed by atoms with Crippen LogP contribution in [-0.4, -0.2) is 85.6 Å². The molecule has 1 saturated heterocycles. The SMILES string of the molecule is CN[C@@H](Cc1cn([C@@H]2OC(CO)[C@@H](O)C(O)[C@H]2[18F])nn1)C(=O)O. The summed E-state index contributed by atoms with van der Waals surface area (Å²) in [5, 5.41) is 47.4. The van der Waals surface area contributed by atoms with Gasteiger partial charge in [-0.1, -0.05) is 5.21 Å². The van der Waals surface area contributed by atoms with Crippen LogP contribution >= 0.6 is 0 Å². The van der Waals surface area contributed by atoms with Gasteiger partial charge in [-0.05, 0) is 7.05 Å². The number of rotatable bonds is 6. The highest BCUT2D eigenvalue weighted by molar-refractivity contribution is 5.73. The number of nitrogens with zero attached hydrogens (tertiary/aromatic N) is 3. The van der Waals surface area contributed by atoms with E-state index >= 15 is 0 Å². The number of aliphatic carboxylic acids is 1. The van der Waals surface area contributed by atoms with Crippen molar-refractivity contribution in [2.75, 3.05) is 13.7 Å². The molecule has 0 radical (unpaired) electrons. The molecule has 2 unspecified atom stereocenters. The Morgan fingerprint density at radius 3 is 2.78 bits per heavy atom. The van der Waals surface area contributed by atoms with Crippen LogP contribution in [-0.2, 0) is 16.0 Å². The second-order valence-corrected chi connectivity index (χ2v) is 5.25. The van der Waals surface area contributed by atoms with Gasteiger partial charge in [0.2, 0.25) is 0 Å². The van der Waals surface area contributed by atoms with Crippen molar-refractivity contribution in [3.05, 3.63) is 11.9 Å². The normalized spacial score (nSPS) is 32.7. The first-order chi connectivity index (χ1) is 10.9. The predicted octanol–water partition coefficient (Wildman–Crippen LogP) is -2.56. The summed E-state index contributed by atoms with van der Waals surface area (Å²) in [6.07, 6.45) is -6.53. The number of halogens is 1. The van der Waals surface area contributed by atoms with Crippen LogP contribution in [0.15, 0.2) is 6.20 Å². The highest BCUT2D eigenvalue weighted by Gasteiger charge is 2.46. The summed E-state index contributed by atoms with van der Waals surface area (Å²) in [6.45, 7) is -0.607. The molecule has 1 fully saturated rings. The molecule has 2 heterocycles. The lowest BCUT2D eigenvalue weighted by atomic mass is 9.99. The van der Waals surface area contributed by atoms with Crippen molar-refractivity contribution in [1.29, 1.82) is 0 Å². The average molecular weight is 333 g/mol. The zero-order valence-electron chi connectivity index (χ0n) is 12.3. The second-order valence-electron chi connectivity index (χ2n) is 5.25. The summed E-state index contributed by atoms with van der Waals surface area (Å²) in [5.41, 5.74) is 0.281. The fourth-order valence-electron chi connectivity index (χ4n) is 2.32. The molecule has 10 nitrogen and oxygen atoms in total. The second kappa shape index (κ2) is 7.27. The minimum Gasteiger partial charge on any atom is -0.480 e. The highest BCUT2D eigenvalue weighted by Crippen LogP contribution is 2.30. The molecule has 0 aromatic carbocycles. The van der Waals surface area contributed by atoms with Crippen molar-refractivity contribution >= 4 is 5.97 Å². The summed E-state index contributed by atoms with van der Waals surface area (Å²) in [5.74, 6) is -1.07. The number of aliphatic hydroxyl groups excluding tert-OH is 3. The molecule has 0 aliphatic carbocycles. The lowest BCUT2D eigenvalue weighted by molar-refractivity contribution is -0.237. The first kappa shape index (κ1) is 17.7. The molecule has 2 rings (SSSR count). The molecule has 0 bridgehead atoms. The minimum atomic E-state index is -1.98. The first-order valence-electron chi connectivity index (χ1n) is 6.96. The van der Waals surface area contributed by atoms with Crippen LogP contribution in [0, 0.1) is 0 Å². The van der Waals surface area contributed by atoms with E-state index in [1.54, 1.807) is 0 Å². The molecule has 0 spiro atoms. The molecule has 11 heteroatoms. The van der Waals surface area contributed by atoms with E-state index in [0.29, 0.717) is 0 Å². The maximum Gasteiger partial charge on any atom is 0.321 e. The number of aromatic nitrogens is 3. The Balaban J connectivity index is 2.14. The van der Waals surface area contributed by atoms with E-state index < -0.39 is 49.3 Å². The molecule has 0 amide bonds. The van der Waals surface area contributed by atoms with Gasteiger partial charge in [-0.3, -0.25) is 4.79 Å². The Kier molecular flexibility index (Phi) is 5.59. The van der Waals surface area contributed by atoms with Gasteiger partial charge >= 0.3 is 5.97 Å². The Bertz CT molecular complexity index is 541. The number of ether oxygens (including phenoxy) is 1. The molecule has 0 saturated carbocycles. The molecular formula is C12H19FN4O6. The average Bonchev–Trinajstić information content (AvgIpc) is 2.98. The van der Waals surface area contributed by atoms with Crippen molar-refractivity contribution in [1.82, 2.24) is 20.3 Å². The van der Waals surface area contributed by atoms with Crippen molar-refractivity contribution in [2.45, 2.75) is 43.2 Å². The topological polar surface area (TPSA) is 150 Å². The van der Waals surface area contributed by atoms with Gasteiger partial charge < -0.3 is 30.5 Å². The van der Waals surface area contributed by atoms with E-state index in [0.717, 1.165) is 4.68 Å². The number of nitrogens with one attached hydrogen (secondary N) is 1. The lowest BCUT2D eigenvalue weighted by Crippen LogP contribution is -2.55. The third-order valence-corrected chi connectivity index (χ3v) is 3.70. The Morgan fingerprint density at radius 1 is 1.52 bits per heavy atom. The van der Waals surface area contributed by atoms with Crippen molar-refractivity contribution in [2.24, 2.45) is 0 Å². The summed E-state index contributed by atoms with van der Waals surface area (Å²) < 4.78 is 20.3. The van der Waals surface area contributed by atoms with E-state index in [-0.39, 0.29) is 12.1 Å². The number of likely N-dealkylation sites (N-methyl/N-ethyl adjacent to an activating group) is 1. The monoisotopic (exact) mass is 333 g/mol. The summed E-state index contributed by atoms with van der Waals surface area (Å²) in [7, 11) is 1.48. The van der Waals surface area contributed by atoms with E-state index in [4.69, 9.17) is 14.9 Å².